The van der Waals surface area contributed by atoms with Gasteiger partial charge in [-0.2, -0.15) is 0 Å². The molecule has 0 aromatic heterocycles. The Morgan fingerprint density at radius 2 is 1.97 bits per heavy atom. The molecule has 0 saturated carbocycles. The minimum atomic E-state index is -1.37. The molecule has 166 valence electrons. The van der Waals surface area contributed by atoms with Crippen LogP contribution in [0.25, 0.3) is 11.1 Å². The molecule has 0 aliphatic carbocycles. The van der Waals surface area contributed by atoms with Gasteiger partial charge in [-0.15, -0.1) is 0 Å². The highest BCUT2D eigenvalue weighted by atomic mass is 32.2. The number of fused-ring (bicyclic) bond motifs is 1. The molecule has 1 aliphatic heterocycles. The number of carbonyl (C=O) groups is 1. The Hall–Kier alpha value is -3.03. The van der Waals surface area contributed by atoms with E-state index in [1.807, 2.05) is 30.3 Å². The van der Waals surface area contributed by atoms with Gasteiger partial charge < -0.3 is 15.1 Å². The standard InChI is InChI=1S/C25H25FN2O3S/c1-15(2)10-17-14-28(18-6-4-3-5-7-18)22-13-23(29)19(12-24(22)32-27-17)16-8-9-21(26)20(11-16)25(30)31/h3-9,11-13,15,17,27,29H,10,14H2,1-2H3,(H,30,31)/p-1/t17-/m1/s1. The quantitative estimate of drug-likeness (QED) is 0.504. The Kier molecular flexibility index (Phi) is 6.39. The first-order chi connectivity index (χ1) is 15.3. The van der Waals surface area contributed by atoms with Crippen molar-refractivity contribution in [3.63, 3.8) is 0 Å². The van der Waals surface area contributed by atoms with Gasteiger partial charge in [-0.05, 0) is 71.8 Å². The summed E-state index contributed by atoms with van der Waals surface area (Å²) in [6, 6.07) is 17.2. The van der Waals surface area contributed by atoms with Gasteiger partial charge in [0.25, 0.3) is 0 Å². The number of carboxylic acid groups (broad SMARTS) is 1. The third-order valence-corrected chi connectivity index (χ3v) is 6.42. The summed E-state index contributed by atoms with van der Waals surface area (Å²) in [5.41, 5.74) is 2.07. The number of rotatable bonds is 5. The lowest BCUT2D eigenvalue weighted by molar-refractivity contribution is -0.267. The van der Waals surface area contributed by atoms with Gasteiger partial charge in [0.05, 0.1) is 11.3 Å². The number of hydrogen-bond acceptors (Lipinski definition) is 5. The molecule has 1 aliphatic rings. The van der Waals surface area contributed by atoms with Gasteiger partial charge in [0.15, 0.2) is 0 Å². The van der Waals surface area contributed by atoms with Crippen molar-refractivity contribution in [1.82, 2.24) is 4.72 Å². The maximum absolute atomic E-state index is 13.9. The molecule has 0 fully saturated rings. The van der Waals surface area contributed by atoms with Crippen LogP contribution in [0.3, 0.4) is 0 Å². The molecule has 0 unspecified atom stereocenters. The minimum Gasteiger partial charge on any atom is -0.872 e. The molecular weight excluding hydrogens is 427 g/mol. The fraction of sp³-hybridized carbons (Fsp3) is 0.240. The predicted octanol–water partition coefficient (Wildman–Crippen LogP) is 5.43. The number of para-hydroxylation sites is 1. The maximum Gasteiger partial charge on any atom is 0.338 e. The highest BCUT2D eigenvalue weighted by Crippen LogP contribution is 2.43. The van der Waals surface area contributed by atoms with Crippen molar-refractivity contribution >= 4 is 29.3 Å². The fourth-order valence-electron chi connectivity index (χ4n) is 3.97. The molecule has 0 bridgehead atoms. The molecule has 3 aromatic rings. The monoisotopic (exact) mass is 451 g/mol. The second kappa shape index (κ2) is 9.22. The number of hydrogen-bond donors (Lipinski definition) is 2. The van der Waals surface area contributed by atoms with E-state index in [1.54, 1.807) is 12.1 Å². The Bertz CT molecular complexity index is 1140. The van der Waals surface area contributed by atoms with Gasteiger partial charge in [0.1, 0.15) is 5.82 Å². The van der Waals surface area contributed by atoms with Crippen molar-refractivity contribution in [2.45, 2.75) is 31.2 Å². The van der Waals surface area contributed by atoms with Crippen molar-refractivity contribution < 1.29 is 19.4 Å². The summed E-state index contributed by atoms with van der Waals surface area (Å²) in [5.74, 6) is -1.93. The zero-order chi connectivity index (χ0) is 22.8. The maximum atomic E-state index is 13.9. The van der Waals surface area contributed by atoms with E-state index < -0.39 is 17.3 Å². The molecule has 4 rings (SSSR count). The first kappa shape index (κ1) is 22.2. The molecule has 7 heteroatoms. The Morgan fingerprint density at radius 3 is 2.66 bits per heavy atom. The third-order valence-electron chi connectivity index (χ3n) is 5.42. The molecular formula is C25H24FN2O3S-. The van der Waals surface area contributed by atoms with E-state index in [9.17, 15) is 19.4 Å². The lowest BCUT2D eigenvalue weighted by Gasteiger charge is -2.29. The molecule has 0 saturated heterocycles. The van der Waals surface area contributed by atoms with Gasteiger partial charge in [-0.25, -0.2) is 9.18 Å². The van der Waals surface area contributed by atoms with Crippen molar-refractivity contribution in [1.29, 1.82) is 0 Å². The molecule has 32 heavy (non-hydrogen) atoms. The van der Waals surface area contributed by atoms with Crippen LogP contribution in [0.2, 0.25) is 0 Å². The number of carboxylic acids is 1. The molecule has 0 amide bonds. The lowest BCUT2D eigenvalue weighted by Crippen LogP contribution is -2.35. The highest BCUT2D eigenvalue weighted by Gasteiger charge is 2.25. The second-order valence-corrected chi connectivity index (χ2v) is 9.19. The number of benzene rings is 3. The summed E-state index contributed by atoms with van der Waals surface area (Å²) in [6.07, 6.45) is 0.974. The SMILES string of the molecule is CC(C)C[C@@H]1CN(c2ccccc2)c2cc([O-])c(-c3ccc(F)c(C(=O)O)c3)cc2SN1. The Balaban J connectivity index is 1.81. The third kappa shape index (κ3) is 4.59. The van der Waals surface area contributed by atoms with Crippen LogP contribution in [0.5, 0.6) is 5.75 Å². The van der Waals surface area contributed by atoms with Crippen LogP contribution >= 0.6 is 11.9 Å². The topological polar surface area (TPSA) is 75.6 Å². The number of anilines is 2. The Morgan fingerprint density at radius 1 is 1.22 bits per heavy atom. The van der Waals surface area contributed by atoms with Crippen molar-refractivity contribution in [3.8, 4) is 16.9 Å². The van der Waals surface area contributed by atoms with E-state index in [1.165, 1.54) is 24.1 Å². The molecule has 2 N–H and O–H groups in total. The summed E-state index contributed by atoms with van der Waals surface area (Å²) in [6.45, 7) is 5.07. The summed E-state index contributed by atoms with van der Waals surface area (Å²) in [7, 11) is 0. The van der Waals surface area contributed by atoms with Crippen LogP contribution in [0.1, 0.15) is 30.6 Å². The van der Waals surface area contributed by atoms with Crippen LogP contribution in [-0.2, 0) is 0 Å². The van der Waals surface area contributed by atoms with Crippen LogP contribution in [0, 0.1) is 11.7 Å². The summed E-state index contributed by atoms with van der Waals surface area (Å²) < 4.78 is 17.4. The van der Waals surface area contributed by atoms with E-state index in [2.05, 4.69) is 23.5 Å². The molecule has 0 spiro atoms. The minimum absolute atomic E-state index is 0.204. The van der Waals surface area contributed by atoms with E-state index in [0.717, 1.165) is 28.8 Å². The predicted molar refractivity (Wildman–Crippen MR) is 124 cm³/mol. The average molecular weight is 452 g/mol. The van der Waals surface area contributed by atoms with Gasteiger partial charge in [-0.1, -0.05) is 43.9 Å². The van der Waals surface area contributed by atoms with Gasteiger partial charge in [-0.3, -0.25) is 4.72 Å². The lowest BCUT2D eigenvalue weighted by atomic mass is 10.0. The summed E-state index contributed by atoms with van der Waals surface area (Å²) >= 11 is 1.47. The van der Waals surface area contributed by atoms with Crippen LogP contribution in [-0.4, -0.2) is 23.7 Å². The molecule has 3 aromatic carbocycles. The zero-order valence-electron chi connectivity index (χ0n) is 17.8. The highest BCUT2D eigenvalue weighted by molar-refractivity contribution is 7.97. The van der Waals surface area contributed by atoms with Gasteiger partial charge >= 0.3 is 5.97 Å². The Labute approximate surface area is 191 Å². The summed E-state index contributed by atoms with van der Waals surface area (Å²) in [5, 5.41) is 22.4. The van der Waals surface area contributed by atoms with Gasteiger partial charge in [0.2, 0.25) is 0 Å². The molecule has 1 atom stereocenters. The fourth-order valence-corrected chi connectivity index (χ4v) is 4.89. The second-order valence-electron chi connectivity index (χ2n) is 8.31. The first-order valence-electron chi connectivity index (χ1n) is 10.5. The first-order valence-corrected chi connectivity index (χ1v) is 11.3. The largest absolute Gasteiger partial charge is 0.872 e. The van der Waals surface area contributed by atoms with Crippen LogP contribution in [0.4, 0.5) is 15.8 Å². The van der Waals surface area contributed by atoms with Crippen molar-refractivity contribution in [3.05, 3.63) is 72.0 Å². The number of nitrogens with one attached hydrogen (secondary N) is 1. The normalized spacial score (nSPS) is 16.0. The zero-order valence-corrected chi connectivity index (χ0v) is 18.7. The van der Waals surface area contributed by atoms with Crippen molar-refractivity contribution in [2.24, 2.45) is 5.92 Å². The number of aromatic carboxylic acids is 1. The number of halogens is 1. The van der Waals surface area contributed by atoms with E-state index >= 15 is 0 Å². The van der Waals surface area contributed by atoms with Crippen LogP contribution in [0.15, 0.2) is 65.6 Å². The number of nitrogens with zero attached hydrogens (tertiary/aromatic N) is 1. The van der Waals surface area contributed by atoms with E-state index in [-0.39, 0.29) is 11.8 Å². The average Bonchev–Trinajstić information content (AvgIpc) is 2.93. The van der Waals surface area contributed by atoms with E-state index in [0.29, 0.717) is 23.6 Å². The molecule has 5 nitrogen and oxygen atoms in total. The van der Waals surface area contributed by atoms with Crippen LogP contribution < -0.4 is 14.7 Å². The smallest absolute Gasteiger partial charge is 0.338 e. The van der Waals surface area contributed by atoms with E-state index in [4.69, 9.17) is 0 Å². The molecule has 0 radical (unpaired) electrons. The molecule has 1 heterocycles. The van der Waals surface area contributed by atoms with Gasteiger partial charge in [0, 0.05) is 23.2 Å². The summed E-state index contributed by atoms with van der Waals surface area (Å²) in [4.78, 5) is 14.4. The van der Waals surface area contributed by atoms with Crippen molar-refractivity contribution in [2.75, 3.05) is 11.4 Å².